The summed E-state index contributed by atoms with van der Waals surface area (Å²) in [7, 11) is -3.48. The summed E-state index contributed by atoms with van der Waals surface area (Å²) in [6.45, 7) is 0.930. The number of nitrogens with two attached hydrogens (primary N) is 1. The van der Waals surface area contributed by atoms with Gasteiger partial charge >= 0.3 is 5.97 Å². The van der Waals surface area contributed by atoms with Crippen molar-refractivity contribution in [1.29, 1.82) is 0 Å². The van der Waals surface area contributed by atoms with Crippen LogP contribution in [-0.4, -0.2) is 50.0 Å². The molecular formula is C8H17N3O4S. The second-order valence-electron chi connectivity index (χ2n) is 3.70. The number of carboxylic acids is 1. The molecule has 94 valence electrons. The molecule has 0 aromatic rings. The second-order valence-corrected chi connectivity index (χ2v) is 5.45. The van der Waals surface area contributed by atoms with E-state index in [1.165, 1.54) is 4.31 Å². The van der Waals surface area contributed by atoms with Crippen LogP contribution in [0.5, 0.6) is 0 Å². The molecule has 0 aliphatic carbocycles. The van der Waals surface area contributed by atoms with Gasteiger partial charge in [0.15, 0.2) is 0 Å². The van der Waals surface area contributed by atoms with E-state index in [1.54, 1.807) is 0 Å². The van der Waals surface area contributed by atoms with E-state index in [0.29, 0.717) is 12.8 Å². The van der Waals surface area contributed by atoms with E-state index < -0.39 is 22.1 Å². The highest BCUT2D eigenvalue weighted by molar-refractivity contribution is 7.87. The first-order valence-corrected chi connectivity index (χ1v) is 6.59. The molecule has 0 atom stereocenters. The summed E-state index contributed by atoms with van der Waals surface area (Å²) in [4.78, 5) is 10.7. The molecule has 7 nitrogen and oxygen atoms in total. The fourth-order valence-electron chi connectivity index (χ4n) is 1.62. The number of nitrogens with zero attached hydrogens (tertiary/aromatic N) is 1. The van der Waals surface area contributed by atoms with Gasteiger partial charge < -0.3 is 10.8 Å². The molecule has 0 saturated carbocycles. The number of carboxylic acid groups (broad SMARTS) is 1. The first-order chi connectivity index (χ1) is 7.47. The number of hydrogen-bond acceptors (Lipinski definition) is 4. The summed E-state index contributed by atoms with van der Waals surface area (Å²) in [5.74, 6) is -1.28. The molecule has 0 radical (unpaired) electrons. The van der Waals surface area contributed by atoms with Crippen molar-refractivity contribution >= 4 is 16.2 Å². The topological polar surface area (TPSA) is 113 Å². The van der Waals surface area contributed by atoms with Crippen LogP contribution in [0.2, 0.25) is 0 Å². The van der Waals surface area contributed by atoms with E-state index in [9.17, 15) is 13.2 Å². The molecule has 1 saturated heterocycles. The Morgan fingerprint density at radius 1 is 1.44 bits per heavy atom. The third kappa shape index (κ3) is 3.41. The smallest absolute Gasteiger partial charge is 0.306 e. The van der Waals surface area contributed by atoms with Crippen molar-refractivity contribution in [1.82, 2.24) is 9.03 Å². The van der Waals surface area contributed by atoms with Crippen molar-refractivity contribution in [3.63, 3.8) is 0 Å². The number of hydrogen-bond donors (Lipinski definition) is 3. The zero-order valence-electron chi connectivity index (χ0n) is 8.92. The van der Waals surface area contributed by atoms with Gasteiger partial charge in [0.2, 0.25) is 0 Å². The van der Waals surface area contributed by atoms with E-state index >= 15 is 0 Å². The molecule has 1 fully saturated rings. The normalized spacial score (nSPS) is 19.8. The molecule has 0 unspecified atom stereocenters. The third-order valence-corrected chi connectivity index (χ3v) is 4.19. The van der Waals surface area contributed by atoms with E-state index in [2.05, 4.69) is 4.72 Å². The summed E-state index contributed by atoms with van der Waals surface area (Å²) in [5, 5.41) is 8.77. The molecule has 0 aromatic carbocycles. The Morgan fingerprint density at radius 3 is 2.44 bits per heavy atom. The average molecular weight is 251 g/mol. The standard InChI is InChI=1S/C8H17N3O4S/c9-3-4-10-16(14,15)11-5-1-7(2-6-11)8(12)13/h7,10H,1-6,9H2,(H,12,13). The van der Waals surface area contributed by atoms with E-state index in [4.69, 9.17) is 10.8 Å². The van der Waals surface area contributed by atoms with Gasteiger partial charge in [-0.05, 0) is 12.8 Å². The van der Waals surface area contributed by atoms with Gasteiger partial charge in [-0.2, -0.15) is 12.7 Å². The maximum absolute atomic E-state index is 11.6. The second kappa shape index (κ2) is 5.58. The molecule has 1 aliphatic rings. The maximum atomic E-state index is 11.6. The van der Waals surface area contributed by atoms with E-state index in [-0.39, 0.29) is 26.2 Å². The molecule has 0 spiro atoms. The van der Waals surface area contributed by atoms with Crippen LogP contribution in [0.1, 0.15) is 12.8 Å². The van der Waals surface area contributed by atoms with Crippen LogP contribution in [0, 0.1) is 5.92 Å². The Balaban J connectivity index is 2.50. The monoisotopic (exact) mass is 251 g/mol. The molecule has 4 N–H and O–H groups in total. The molecule has 1 heterocycles. The zero-order chi connectivity index (χ0) is 12.2. The van der Waals surface area contributed by atoms with Crippen molar-refractivity contribution in [3.8, 4) is 0 Å². The van der Waals surface area contributed by atoms with Crippen LogP contribution >= 0.6 is 0 Å². The minimum atomic E-state index is -3.48. The van der Waals surface area contributed by atoms with E-state index in [0.717, 1.165) is 0 Å². The molecule has 8 heteroatoms. The molecular weight excluding hydrogens is 234 g/mol. The lowest BCUT2D eigenvalue weighted by molar-refractivity contribution is -0.142. The molecule has 0 bridgehead atoms. The minimum absolute atomic E-state index is 0.196. The fourth-order valence-corrected chi connectivity index (χ4v) is 2.87. The van der Waals surface area contributed by atoms with Gasteiger partial charge in [0, 0.05) is 26.2 Å². The number of aliphatic carboxylic acids is 1. The molecule has 16 heavy (non-hydrogen) atoms. The minimum Gasteiger partial charge on any atom is -0.481 e. The van der Waals surface area contributed by atoms with Gasteiger partial charge in [-0.25, -0.2) is 4.72 Å². The summed E-state index contributed by atoms with van der Waals surface area (Å²) in [6, 6.07) is 0. The Kier molecular flexibility index (Phi) is 4.66. The molecule has 0 aromatic heterocycles. The molecule has 1 rings (SSSR count). The number of piperidine rings is 1. The first kappa shape index (κ1) is 13.4. The van der Waals surface area contributed by atoms with Crippen LogP contribution in [0.25, 0.3) is 0 Å². The van der Waals surface area contributed by atoms with Gasteiger partial charge in [0.25, 0.3) is 10.2 Å². The summed E-state index contributed by atoms with van der Waals surface area (Å²) in [5.41, 5.74) is 5.20. The van der Waals surface area contributed by atoms with Crippen molar-refractivity contribution in [2.75, 3.05) is 26.2 Å². The summed E-state index contributed by atoms with van der Waals surface area (Å²) in [6.07, 6.45) is 0.720. The van der Waals surface area contributed by atoms with E-state index in [1.807, 2.05) is 0 Å². The van der Waals surface area contributed by atoms with Crippen LogP contribution in [0.4, 0.5) is 0 Å². The highest BCUT2D eigenvalue weighted by atomic mass is 32.2. The number of carbonyl (C=O) groups is 1. The van der Waals surface area contributed by atoms with Gasteiger partial charge in [0.1, 0.15) is 0 Å². The van der Waals surface area contributed by atoms with Gasteiger partial charge in [-0.1, -0.05) is 0 Å². The van der Waals surface area contributed by atoms with Crippen molar-refractivity contribution < 1.29 is 18.3 Å². The summed E-state index contributed by atoms with van der Waals surface area (Å²) >= 11 is 0. The van der Waals surface area contributed by atoms with Crippen LogP contribution in [-0.2, 0) is 15.0 Å². The first-order valence-electron chi connectivity index (χ1n) is 5.15. The fraction of sp³-hybridized carbons (Fsp3) is 0.875. The molecule has 1 aliphatic heterocycles. The zero-order valence-corrected chi connectivity index (χ0v) is 9.74. The highest BCUT2D eigenvalue weighted by Gasteiger charge is 2.30. The lowest BCUT2D eigenvalue weighted by atomic mass is 9.99. The average Bonchev–Trinajstić information content (AvgIpc) is 2.26. The Morgan fingerprint density at radius 2 is 2.00 bits per heavy atom. The Bertz CT molecular complexity index is 335. The van der Waals surface area contributed by atoms with Crippen LogP contribution < -0.4 is 10.5 Å². The quantitative estimate of drug-likeness (QED) is 0.555. The van der Waals surface area contributed by atoms with Crippen molar-refractivity contribution in [2.24, 2.45) is 11.7 Å². The number of nitrogens with one attached hydrogen (secondary N) is 1. The van der Waals surface area contributed by atoms with Gasteiger partial charge in [-0.3, -0.25) is 4.79 Å². The van der Waals surface area contributed by atoms with Crippen molar-refractivity contribution in [2.45, 2.75) is 12.8 Å². The maximum Gasteiger partial charge on any atom is 0.306 e. The highest BCUT2D eigenvalue weighted by Crippen LogP contribution is 2.18. The number of rotatable bonds is 5. The van der Waals surface area contributed by atoms with Crippen LogP contribution in [0.3, 0.4) is 0 Å². The van der Waals surface area contributed by atoms with Crippen molar-refractivity contribution in [3.05, 3.63) is 0 Å². The third-order valence-electron chi connectivity index (χ3n) is 2.57. The predicted octanol–water partition coefficient (Wildman–Crippen LogP) is -1.42. The van der Waals surface area contributed by atoms with Gasteiger partial charge in [0.05, 0.1) is 5.92 Å². The van der Waals surface area contributed by atoms with Crippen LogP contribution in [0.15, 0.2) is 0 Å². The largest absolute Gasteiger partial charge is 0.481 e. The lowest BCUT2D eigenvalue weighted by Gasteiger charge is -2.29. The predicted molar refractivity (Wildman–Crippen MR) is 57.9 cm³/mol. The summed E-state index contributed by atoms with van der Waals surface area (Å²) < 4.78 is 26.9. The lowest BCUT2D eigenvalue weighted by Crippen LogP contribution is -2.46. The Labute approximate surface area is 94.8 Å². The SMILES string of the molecule is NCCNS(=O)(=O)N1CCC(C(=O)O)CC1. The Hall–Kier alpha value is -0.700. The molecule has 0 amide bonds. The van der Waals surface area contributed by atoms with Gasteiger partial charge in [-0.15, -0.1) is 0 Å².